The predicted molar refractivity (Wildman–Crippen MR) is 110 cm³/mol. The van der Waals surface area contributed by atoms with Gasteiger partial charge in [-0.3, -0.25) is 14.3 Å². The van der Waals surface area contributed by atoms with Crippen LogP contribution in [0.1, 0.15) is 17.0 Å². The van der Waals surface area contributed by atoms with Crippen molar-refractivity contribution in [2.75, 3.05) is 25.5 Å². The molecule has 0 atom stereocenters. The van der Waals surface area contributed by atoms with Crippen LogP contribution in [0, 0.1) is 13.8 Å². The molecule has 0 aliphatic heterocycles. The minimum Gasteiger partial charge on any atom is -0.452 e. The van der Waals surface area contributed by atoms with E-state index in [1.54, 1.807) is 35.0 Å². The summed E-state index contributed by atoms with van der Waals surface area (Å²) in [7, 11) is 3.26. The molecule has 29 heavy (non-hydrogen) atoms. The summed E-state index contributed by atoms with van der Waals surface area (Å²) >= 11 is 5.98. The molecule has 1 aromatic carbocycles. The van der Waals surface area contributed by atoms with Crippen molar-refractivity contribution in [1.82, 2.24) is 14.7 Å². The minimum atomic E-state index is -0.657. The quantitative estimate of drug-likeness (QED) is 0.550. The summed E-state index contributed by atoms with van der Waals surface area (Å²) in [6.45, 7) is 3.05. The molecule has 0 unspecified atom stereocenters. The Hall–Kier alpha value is -3.13. The van der Waals surface area contributed by atoms with Crippen LogP contribution in [0.4, 0.5) is 5.69 Å². The Morgan fingerprint density at radius 3 is 2.59 bits per heavy atom. The molecule has 0 saturated heterocycles. The summed E-state index contributed by atoms with van der Waals surface area (Å²) in [4.78, 5) is 37.2. The van der Waals surface area contributed by atoms with Gasteiger partial charge in [-0.25, -0.2) is 4.79 Å². The van der Waals surface area contributed by atoms with Crippen LogP contribution in [0.15, 0.2) is 30.3 Å². The standard InChI is InChI=1S/C20H23ClN4O4/c1-13-15(14(2)25(4)23-13)9-10-20(28)29-12-19(27)24(3)11-18(26)22-17-8-6-5-7-16(17)21/h5-10H,11-12H2,1-4H3,(H,22,26)/b10-9+. The van der Waals surface area contributed by atoms with Gasteiger partial charge in [0.1, 0.15) is 0 Å². The van der Waals surface area contributed by atoms with E-state index in [-0.39, 0.29) is 6.54 Å². The molecule has 1 N–H and O–H groups in total. The third-order valence-corrected chi connectivity index (χ3v) is 4.57. The fourth-order valence-corrected chi connectivity index (χ4v) is 2.71. The highest BCUT2D eigenvalue weighted by atomic mass is 35.5. The van der Waals surface area contributed by atoms with E-state index in [1.807, 2.05) is 20.9 Å². The highest BCUT2D eigenvalue weighted by molar-refractivity contribution is 6.33. The first kappa shape index (κ1) is 22.2. The molecule has 1 heterocycles. The van der Waals surface area contributed by atoms with Crippen molar-refractivity contribution < 1.29 is 19.1 Å². The van der Waals surface area contributed by atoms with Crippen LogP contribution in [-0.4, -0.2) is 52.7 Å². The lowest BCUT2D eigenvalue weighted by Gasteiger charge is -2.16. The van der Waals surface area contributed by atoms with E-state index >= 15 is 0 Å². The van der Waals surface area contributed by atoms with Crippen LogP contribution in [-0.2, 0) is 26.2 Å². The smallest absolute Gasteiger partial charge is 0.331 e. The number of hydrogen-bond acceptors (Lipinski definition) is 5. The summed E-state index contributed by atoms with van der Waals surface area (Å²) < 4.78 is 6.67. The van der Waals surface area contributed by atoms with Crippen molar-refractivity contribution in [2.45, 2.75) is 13.8 Å². The number of nitrogens with zero attached hydrogens (tertiary/aromatic N) is 3. The molecule has 2 rings (SSSR count). The Bertz CT molecular complexity index is 952. The third kappa shape index (κ3) is 6.18. The van der Waals surface area contributed by atoms with Crippen molar-refractivity contribution in [3.8, 4) is 0 Å². The van der Waals surface area contributed by atoms with Crippen LogP contribution in [0.5, 0.6) is 0 Å². The molecule has 0 bridgehead atoms. The number of benzene rings is 1. The second kappa shape index (κ2) is 9.88. The number of ether oxygens (including phenoxy) is 1. The SMILES string of the molecule is Cc1nn(C)c(C)c1/C=C/C(=O)OCC(=O)N(C)CC(=O)Nc1ccccc1Cl. The topological polar surface area (TPSA) is 93.5 Å². The molecule has 2 aromatic rings. The molecule has 154 valence electrons. The number of likely N-dealkylation sites (N-methyl/N-ethyl adjacent to an activating group) is 1. The van der Waals surface area contributed by atoms with Gasteiger partial charge in [-0.05, 0) is 32.1 Å². The maximum atomic E-state index is 12.1. The molecule has 0 radical (unpaired) electrons. The number of nitrogens with one attached hydrogen (secondary N) is 1. The van der Waals surface area contributed by atoms with Gasteiger partial charge in [-0.15, -0.1) is 0 Å². The van der Waals surface area contributed by atoms with Gasteiger partial charge in [0, 0.05) is 31.4 Å². The molecule has 0 spiro atoms. The third-order valence-electron chi connectivity index (χ3n) is 4.24. The molecule has 9 heteroatoms. The highest BCUT2D eigenvalue weighted by Gasteiger charge is 2.15. The van der Waals surface area contributed by atoms with E-state index in [0.717, 1.165) is 17.0 Å². The van der Waals surface area contributed by atoms with Gasteiger partial charge in [-0.1, -0.05) is 23.7 Å². The number of hydrogen-bond donors (Lipinski definition) is 1. The largest absolute Gasteiger partial charge is 0.452 e. The van der Waals surface area contributed by atoms with Gasteiger partial charge in [0.05, 0.1) is 22.9 Å². The van der Waals surface area contributed by atoms with E-state index < -0.39 is 24.4 Å². The summed E-state index contributed by atoms with van der Waals surface area (Å²) in [6.07, 6.45) is 2.85. The second-order valence-corrected chi connectivity index (χ2v) is 6.83. The first-order chi connectivity index (χ1) is 13.7. The molecule has 0 aliphatic carbocycles. The predicted octanol–water partition coefficient (Wildman–Crippen LogP) is 2.34. The zero-order chi connectivity index (χ0) is 21.6. The Kier molecular flexibility index (Phi) is 7.55. The van der Waals surface area contributed by atoms with Gasteiger partial charge in [-0.2, -0.15) is 5.10 Å². The fourth-order valence-electron chi connectivity index (χ4n) is 2.53. The number of aryl methyl sites for hydroxylation is 2. The van der Waals surface area contributed by atoms with Gasteiger partial charge in [0.15, 0.2) is 6.61 Å². The lowest BCUT2D eigenvalue weighted by Crippen LogP contribution is -2.37. The molecule has 2 amide bonds. The van der Waals surface area contributed by atoms with E-state index in [4.69, 9.17) is 16.3 Å². The Balaban J connectivity index is 1.81. The normalized spacial score (nSPS) is 10.8. The Morgan fingerprint density at radius 2 is 1.97 bits per heavy atom. The van der Waals surface area contributed by atoms with Gasteiger partial charge in [0.2, 0.25) is 5.91 Å². The summed E-state index contributed by atoms with van der Waals surface area (Å²) in [5.74, 6) is -1.58. The van der Waals surface area contributed by atoms with Crippen LogP contribution >= 0.6 is 11.6 Å². The van der Waals surface area contributed by atoms with Crippen LogP contribution in [0.2, 0.25) is 5.02 Å². The second-order valence-electron chi connectivity index (χ2n) is 6.43. The Morgan fingerprint density at radius 1 is 1.28 bits per heavy atom. The monoisotopic (exact) mass is 418 g/mol. The van der Waals surface area contributed by atoms with Gasteiger partial charge >= 0.3 is 5.97 Å². The molecule has 1 aromatic heterocycles. The number of carbonyl (C=O) groups is 3. The van der Waals surface area contributed by atoms with Crippen LogP contribution in [0.3, 0.4) is 0 Å². The number of anilines is 1. The number of carbonyl (C=O) groups excluding carboxylic acids is 3. The summed E-state index contributed by atoms with van der Waals surface area (Å²) in [6, 6.07) is 6.78. The summed E-state index contributed by atoms with van der Waals surface area (Å²) in [5.41, 5.74) is 2.97. The first-order valence-electron chi connectivity index (χ1n) is 8.82. The van der Waals surface area contributed by atoms with Crippen molar-refractivity contribution >= 4 is 41.1 Å². The fraction of sp³-hybridized carbons (Fsp3) is 0.300. The number of halogens is 1. The Labute approximate surface area is 174 Å². The lowest BCUT2D eigenvalue weighted by atomic mass is 10.2. The van der Waals surface area contributed by atoms with Crippen molar-refractivity contribution in [2.24, 2.45) is 7.05 Å². The molecule has 8 nitrogen and oxygen atoms in total. The molecular weight excluding hydrogens is 396 g/mol. The zero-order valence-electron chi connectivity index (χ0n) is 16.7. The van der Waals surface area contributed by atoms with E-state index in [0.29, 0.717) is 10.7 Å². The van der Waals surface area contributed by atoms with E-state index in [1.165, 1.54) is 18.0 Å². The van der Waals surface area contributed by atoms with E-state index in [9.17, 15) is 14.4 Å². The van der Waals surface area contributed by atoms with Gasteiger partial charge in [0.25, 0.3) is 5.91 Å². The van der Waals surface area contributed by atoms with E-state index in [2.05, 4.69) is 10.4 Å². The minimum absolute atomic E-state index is 0.203. The van der Waals surface area contributed by atoms with Crippen molar-refractivity contribution in [3.63, 3.8) is 0 Å². The highest BCUT2D eigenvalue weighted by Crippen LogP contribution is 2.20. The average molecular weight is 419 g/mol. The zero-order valence-corrected chi connectivity index (χ0v) is 17.5. The molecular formula is C20H23ClN4O4. The van der Waals surface area contributed by atoms with Crippen LogP contribution in [0.25, 0.3) is 6.08 Å². The van der Waals surface area contributed by atoms with Crippen LogP contribution < -0.4 is 5.32 Å². The number of amides is 2. The van der Waals surface area contributed by atoms with Gasteiger partial charge < -0.3 is 15.0 Å². The van der Waals surface area contributed by atoms with Crippen molar-refractivity contribution in [3.05, 3.63) is 52.3 Å². The first-order valence-corrected chi connectivity index (χ1v) is 9.20. The van der Waals surface area contributed by atoms with Crippen molar-refractivity contribution in [1.29, 1.82) is 0 Å². The average Bonchev–Trinajstić information content (AvgIpc) is 2.91. The lowest BCUT2D eigenvalue weighted by molar-refractivity contribution is -0.148. The number of esters is 1. The number of rotatable bonds is 7. The number of aromatic nitrogens is 2. The molecule has 0 saturated carbocycles. The number of para-hydroxylation sites is 1. The maximum absolute atomic E-state index is 12.1. The molecule has 0 aliphatic rings. The molecule has 0 fully saturated rings. The maximum Gasteiger partial charge on any atom is 0.331 e. The summed E-state index contributed by atoms with van der Waals surface area (Å²) in [5, 5.41) is 7.27.